The van der Waals surface area contributed by atoms with Crippen molar-refractivity contribution in [1.29, 1.82) is 0 Å². The summed E-state index contributed by atoms with van der Waals surface area (Å²) in [6, 6.07) is 15.6. The van der Waals surface area contributed by atoms with E-state index < -0.39 is 0 Å². The summed E-state index contributed by atoms with van der Waals surface area (Å²) in [4.78, 5) is 17.5. The van der Waals surface area contributed by atoms with Crippen LogP contribution in [0, 0.1) is 0 Å². The summed E-state index contributed by atoms with van der Waals surface area (Å²) >= 11 is 0. The number of amides is 1. The first-order valence-corrected chi connectivity index (χ1v) is 7.99. The Labute approximate surface area is 145 Å². The molecule has 3 aromatic rings. The summed E-state index contributed by atoms with van der Waals surface area (Å²) in [5.41, 5.74) is 3.96. The molecule has 5 heteroatoms. The fourth-order valence-corrected chi connectivity index (χ4v) is 3.02. The molecular weight excluding hydrogens is 312 g/mol. The third-order valence-corrected chi connectivity index (χ3v) is 4.19. The number of nitrogens with zero attached hydrogens (tertiary/aromatic N) is 3. The maximum absolute atomic E-state index is 12.6. The normalized spacial score (nSPS) is 15.4. The van der Waals surface area contributed by atoms with E-state index in [9.17, 15) is 4.79 Å². The lowest BCUT2D eigenvalue weighted by Crippen LogP contribution is -2.30. The van der Waals surface area contributed by atoms with Gasteiger partial charge in [0.15, 0.2) is 5.71 Å². The standard InChI is InChI=1S/C20H16N4O/c1-2-11-24-18-10-6-4-8-16(18)19(20(24)25)23-22-13-14-12-21-17-9-5-3-7-15(14)17/h2-10,12-13,21H,1,11H2/b22-13+,23-19-. The minimum atomic E-state index is -0.155. The van der Waals surface area contributed by atoms with E-state index in [0.717, 1.165) is 27.7 Å². The number of rotatable bonds is 4. The molecule has 0 radical (unpaired) electrons. The molecule has 1 amide bonds. The summed E-state index contributed by atoms with van der Waals surface area (Å²) in [5.74, 6) is -0.155. The van der Waals surface area contributed by atoms with Gasteiger partial charge in [-0.05, 0) is 12.1 Å². The van der Waals surface area contributed by atoms with Crippen molar-refractivity contribution in [1.82, 2.24) is 4.98 Å². The van der Waals surface area contributed by atoms with E-state index in [0.29, 0.717) is 12.3 Å². The number of aromatic amines is 1. The Bertz CT molecular complexity index is 1030. The molecule has 2 heterocycles. The van der Waals surface area contributed by atoms with Crippen LogP contribution >= 0.6 is 0 Å². The fraction of sp³-hybridized carbons (Fsp3) is 0.0500. The van der Waals surface area contributed by atoms with Crippen LogP contribution < -0.4 is 4.90 Å². The first kappa shape index (κ1) is 15.1. The molecule has 2 aromatic carbocycles. The molecule has 4 rings (SSSR count). The summed E-state index contributed by atoms with van der Waals surface area (Å²) in [5, 5.41) is 9.43. The Balaban J connectivity index is 1.69. The monoisotopic (exact) mass is 328 g/mol. The fourth-order valence-electron chi connectivity index (χ4n) is 3.02. The van der Waals surface area contributed by atoms with Gasteiger partial charge in [0.05, 0.1) is 11.9 Å². The van der Waals surface area contributed by atoms with Gasteiger partial charge < -0.3 is 9.88 Å². The molecule has 1 aliphatic rings. The van der Waals surface area contributed by atoms with Crippen LogP contribution in [0.5, 0.6) is 0 Å². The molecule has 0 fully saturated rings. The van der Waals surface area contributed by atoms with Crippen molar-refractivity contribution < 1.29 is 4.79 Å². The van der Waals surface area contributed by atoms with Gasteiger partial charge >= 0.3 is 0 Å². The molecule has 1 aromatic heterocycles. The topological polar surface area (TPSA) is 60.8 Å². The third-order valence-electron chi connectivity index (χ3n) is 4.19. The highest BCUT2D eigenvalue weighted by molar-refractivity contribution is 6.54. The van der Waals surface area contributed by atoms with Crippen LogP contribution in [0.2, 0.25) is 0 Å². The van der Waals surface area contributed by atoms with Gasteiger partial charge in [-0.2, -0.15) is 5.10 Å². The number of hydrogen-bond acceptors (Lipinski definition) is 3. The van der Waals surface area contributed by atoms with E-state index in [1.54, 1.807) is 17.2 Å². The second kappa shape index (κ2) is 6.20. The van der Waals surface area contributed by atoms with Gasteiger partial charge in [-0.15, -0.1) is 11.7 Å². The van der Waals surface area contributed by atoms with Crippen LogP contribution in [-0.4, -0.2) is 29.4 Å². The third kappa shape index (κ3) is 2.55. The van der Waals surface area contributed by atoms with Crippen LogP contribution in [0.1, 0.15) is 11.1 Å². The molecule has 0 bridgehead atoms. The molecule has 1 N–H and O–H groups in total. The number of hydrogen-bond donors (Lipinski definition) is 1. The number of carbonyl (C=O) groups is 1. The average molecular weight is 328 g/mol. The Morgan fingerprint density at radius 2 is 1.92 bits per heavy atom. The predicted octanol–water partition coefficient (Wildman–Crippen LogP) is 3.52. The van der Waals surface area contributed by atoms with Gasteiger partial charge in [0.25, 0.3) is 5.91 Å². The van der Waals surface area contributed by atoms with Crippen molar-refractivity contribution in [3.05, 3.63) is 78.5 Å². The number of benzene rings is 2. The lowest BCUT2D eigenvalue weighted by molar-refractivity contribution is -0.112. The minimum Gasteiger partial charge on any atom is -0.361 e. The van der Waals surface area contributed by atoms with E-state index >= 15 is 0 Å². The first-order valence-electron chi connectivity index (χ1n) is 7.99. The highest BCUT2D eigenvalue weighted by Gasteiger charge is 2.32. The van der Waals surface area contributed by atoms with Crippen LogP contribution in [-0.2, 0) is 4.79 Å². The second-order valence-corrected chi connectivity index (χ2v) is 5.70. The largest absolute Gasteiger partial charge is 0.361 e. The van der Waals surface area contributed by atoms with Gasteiger partial charge in [0, 0.05) is 34.8 Å². The molecule has 25 heavy (non-hydrogen) atoms. The lowest BCUT2D eigenvalue weighted by atomic mass is 10.1. The van der Waals surface area contributed by atoms with Crippen molar-refractivity contribution in [3.63, 3.8) is 0 Å². The molecule has 0 spiro atoms. The Hall–Kier alpha value is -3.47. The van der Waals surface area contributed by atoms with E-state index in [1.807, 2.05) is 54.7 Å². The quantitative estimate of drug-likeness (QED) is 0.444. The van der Waals surface area contributed by atoms with E-state index in [-0.39, 0.29) is 5.91 Å². The molecule has 122 valence electrons. The summed E-state index contributed by atoms with van der Waals surface area (Å²) in [6.07, 6.45) is 5.24. The highest BCUT2D eigenvalue weighted by Crippen LogP contribution is 2.29. The molecule has 0 unspecified atom stereocenters. The van der Waals surface area contributed by atoms with E-state index in [4.69, 9.17) is 0 Å². The number of para-hydroxylation sites is 2. The van der Waals surface area contributed by atoms with Crippen LogP contribution in [0.4, 0.5) is 5.69 Å². The molecule has 0 saturated carbocycles. The van der Waals surface area contributed by atoms with Gasteiger partial charge in [0.1, 0.15) is 0 Å². The SMILES string of the molecule is C=CCN1C(=O)/C(=N\N=C\c2c[nH]c3ccccc23)c2ccccc21. The second-order valence-electron chi connectivity index (χ2n) is 5.70. The van der Waals surface area contributed by atoms with Gasteiger partial charge in [0.2, 0.25) is 0 Å². The van der Waals surface area contributed by atoms with Crippen molar-refractivity contribution in [2.45, 2.75) is 0 Å². The van der Waals surface area contributed by atoms with Gasteiger partial charge in [-0.3, -0.25) is 4.79 Å². The van der Waals surface area contributed by atoms with Crippen LogP contribution in [0.3, 0.4) is 0 Å². The Kier molecular flexibility index (Phi) is 3.74. The zero-order valence-corrected chi connectivity index (χ0v) is 13.5. The van der Waals surface area contributed by atoms with E-state index in [1.165, 1.54) is 0 Å². The Morgan fingerprint density at radius 3 is 2.80 bits per heavy atom. The van der Waals surface area contributed by atoms with Crippen molar-refractivity contribution in [2.24, 2.45) is 10.2 Å². The minimum absolute atomic E-state index is 0.155. The first-order chi connectivity index (χ1) is 12.3. The molecular formula is C20H16N4O. The molecule has 1 aliphatic heterocycles. The number of nitrogens with one attached hydrogen (secondary N) is 1. The maximum Gasteiger partial charge on any atom is 0.279 e. The zero-order valence-electron chi connectivity index (χ0n) is 13.5. The van der Waals surface area contributed by atoms with Crippen molar-refractivity contribution in [3.8, 4) is 0 Å². The predicted molar refractivity (Wildman–Crippen MR) is 101 cm³/mol. The summed E-state index contributed by atoms with van der Waals surface area (Å²) < 4.78 is 0. The highest BCUT2D eigenvalue weighted by atomic mass is 16.2. The number of H-pyrrole nitrogens is 1. The number of fused-ring (bicyclic) bond motifs is 2. The van der Waals surface area contributed by atoms with Gasteiger partial charge in [-0.25, -0.2) is 0 Å². The summed E-state index contributed by atoms with van der Waals surface area (Å²) in [7, 11) is 0. The molecule has 0 atom stereocenters. The van der Waals surface area contributed by atoms with E-state index in [2.05, 4.69) is 21.8 Å². The van der Waals surface area contributed by atoms with Gasteiger partial charge in [-0.1, -0.05) is 42.5 Å². The molecule has 0 saturated heterocycles. The van der Waals surface area contributed by atoms with Crippen molar-refractivity contribution >= 4 is 34.4 Å². The summed E-state index contributed by atoms with van der Waals surface area (Å²) in [6.45, 7) is 4.16. The Morgan fingerprint density at radius 1 is 1.12 bits per heavy atom. The van der Waals surface area contributed by atoms with Crippen molar-refractivity contribution in [2.75, 3.05) is 11.4 Å². The van der Waals surface area contributed by atoms with Crippen LogP contribution in [0.25, 0.3) is 10.9 Å². The average Bonchev–Trinajstić information content (AvgIpc) is 3.17. The smallest absolute Gasteiger partial charge is 0.279 e. The lowest BCUT2D eigenvalue weighted by Gasteiger charge is -2.13. The maximum atomic E-state index is 12.6. The number of anilines is 1. The zero-order chi connectivity index (χ0) is 17.2. The van der Waals surface area contributed by atoms with Crippen LogP contribution in [0.15, 0.2) is 77.6 Å². The number of carbonyl (C=O) groups excluding carboxylic acids is 1. The number of aromatic nitrogens is 1. The molecule has 0 aliphatic carbocycles. The molecule has 5 nitrogen and oxygen atoms in total.